The van der Waals surface area contributed by atoms with Gasteiger partial charge in [-0.15, -0.1) is 0 Å². The summed E-state index contributed by atoms with van der Waals surface area (Å²) in [6.45, 7) is 0.657. The van der Waals surface area contributed by atoms with E-state index in [0.29, 0.717) is 36.1 Å². The minimum Gasteiger partial charge on any atom is -0.493 e. The van der Waals surface area contributed by atoms with Gasteiger partial charge in [-0.1, -0.05) is 24.3 Å². The average molecular weight is 393 g/mol. The Morgan fingerprint density at radius 3 is 2.46 bits per heavy atom. The third-order valence-electron chi connectivity index (χ3n) is 4.91. The number of amides is 1. The SMILES string of the molecule is CN1CC(COc2cc(-c3ccc(CO)cc3)cc(C(F)(F)F)c2)CCC1=O. The molecule has 28 heavy (non-hydrogen) atoms. The number of likely N-dealkylation sites (tertiary alicyclic amines) is 1. The first kappa shape index (κ1) is 20.2. The molecule has 2 aromatic rings. The van der Waals surface area contributed by atoms with E-state index in [-0.39, 0.29) is 30.8 Å². The Morgan fingerprint density at radius 1 is 1.14 bits per heavy atom. The Hall–Kier alpha value is -2.54. The van der Waals surface area contributed by atoms with Crippen molar-refractivity contribution in [1.29, 1.82) is 0 Å². The molecule has 0 bridgehead atoms. The summed E-state index contributed by atoms with van der Waals surface area (Å²) in [5.41, 5.74) is 0.909. The van der Waals surface area contributed by atoms with Crippen LogP contribution in [0, 0.1) is 5.92 Å². The summed E-state index contributed by atoms with van der Waals surface area (Å²) in [5, 5.41) is 9.13. The van der Waals surface area contributed by atoms with Gasteiger partial charge >= 0.3 is 6.18 Å². The standard InChI is InChI=1S/C21H22F3NO3/c1-25-11-15(4-7-20(25)27)13-28-19-9-17(8-18(10-19)21(22,23)24)16-5-2-14(12-26)3-6-16/h2-3,5-6,8-10,15,26H,4,7,11-13H2,1H3. The van der Waals surface area contributed by atoms with Gasteiger partial charge in [-0.2, -0.15) is 13.2 Å². The number of hydrogen-bond acceptors (Lipinski definition) is 3. The van der Waals surface area contributed by atoms with Crippen molar-refractivity contribution in [3.05, 3.63) is 53.6 Å². The first-order valence-electron chi connectivity index (χ1n) is 9.05. The molecule has 0 aromatic heterocycles. The van der Waals surface area contributed by atoms with Crippen LogP contribution >= 0.6 is 0 Å². The molecule has 7 heteroatoms. The second-order valence-electron chi connectivity index (χ2n) is 7.09. The van der Waals surface area contributed by atoms with E-state index in [1.165, 1.54) is 0 Å². The molecule has 0 aliphatic carbocycles. The van der Waals surface area contributed by atoms with E-state index in [2.05, 4.69) is 0 Å². The Balaban J connectivity index is 1.82. The molecule has 2 aromatic carbocycles. The molecular weight excluding hydrogens is 371 g/mol. The van der Waals surface area contributed by atoms with Gasteiger partial charge in [-0.05, 0) is 41.3 Å². The lowest BCUT2D eigenvalue weighted by Crippen LogP contribution is -2.38. The van der Waals surface area contributed by atoms with Crippen molar-refractivity contribution in [2.45, 2.75) is 25.6 Å². The molecular formula is C21H22F3NO3. The predicted molar refractivity (Wildman–Crippen MR) is 98.7 cm³/mol. The molecule has 1 N–H and O–H groups in total. The molecule has 0 radical (unpaired) electrons. The maximum atomic E-state index is 13.3. The fourth-order valence-electron chi connectivity index (χ4n) is 3.26. The summed E-state index contributed by atoms with van der Waals surface area (Å²) in [6, 6.07) is 10.4. The van der Waals surface area contributed by atoms with Crippen molar-refractivity contribution in [2.75, 3.05) is 20.2 Å². The summed E-state index contributed by atoms with van der Waals surface area (Å²) < 4.78 is 45.7. The van der Waals surface area contributed by atoms with E-state index >= 15 is 0 Å². The third kappa shape index (κ3) is 4.84. The fourth-order valence-corrected chi connectivity index (χ4v) is 3.26. The number of rotatable bonds is 5. The zero-order valence-corrected chi connectivity index (χ0v) is 15.5. The molecule has 1 aliphatic heterocycles. The molecule has 1 heterocycles. The van der Waals surface area contributed by atoms with Crippen LogP contribution in [-0.4, -0.2) is 36.1 Å². The summed E-state index contributed by atoms with van der Waals surface area (Å²) in [7, 11) is 1.72. The van der Waals surface area contributed by atoms with E-state index in [1.54, 1.807) is 42.3 Å². The monoisotopic (exact) mass is 393 g/mol. The highest BCUT2D eigenvalue weighted by atomic mass is 19.4. The zero-order valence-electron chi connectivity index (χ0n) is 15.5. The van der Waals surface area contributed by atoms with Gasteiger partial charge in [-0.3, -0.25) is 4.79 Å². The number of hydrogen-bond donors (Lipinski definition) is 1. The molecule has 150 valence electrons. The number of halogens is 3. The minimum absolute atomic E-state index is 0.0731. The van der Waals surface area contributed by atoms with Gasteiger partial charge < -0.3 is 14.7 Å². The molecule has 1 aliphatic rings. The summed E-state index contributed by atoms with van der Waals surface area (Å²) >= 11 is 0. The van der Waals surface area contributed by atoms with Gasteiger partial charge in [0.25, 0.3) is 0 Å². The van der Waals surface area contributed by atoms with Crippen LogP contribution < -0.4 is 4.74 Å². The molecule has 1 fully saturated rings. The number of piperidine rings is 1. The number of carbonyl (C=O) groups is 1. The second kappa shape index (κ2) is 8.22. The summed E-state index contributed by atoms with van der Waals surface area (Å²) in [5.74, 6) is 0.309. The summed E-state index contributed by atoms with van der Waals surface area (Å²) in [4.78, 5) is 13.2. The maximum Gasteiger partial charge on any atom is 0.416 e. The first-order chi connectivity index (χ1) is 13.3. The lowest BCUT2D eigenvalue weighted by Gasteiger charge is -2.29. The van der Waals surface area contributed by atoms with Crippen LogP contribution in [0.5, 0.6) is 5.75 Å². The Bertz CT molecular complexity index is 834. The number of alkyl halides is 3. The van der Waals surface area contributed by atoms with Crippen LogP contribution in [0.25, 0.3) is 11.1 Å². The molecule has 0 saturated carbocycles. The predicted octanol–water partition coefficient (Wildman–Crippen LogP) is 4.11. The van der Waals surface area contributed by atoms with Crippen molar-refractivity contribution in [2.24, 2.45) is 5.92 Å². The molecule has 1 saturated heterocycles. The quantitative estimate of drug-likeness (QED) is 0.832. The van der Waals surface area contributed by atoms with E-state index in [0.717, 1.165) is 12.1 Å². The number of nitrogens with zero attached hydrogens (tertiary/aromatic N) is 1. The van der Waals surface area contributed by atoms with Crippen molar-refractivity contribution in [3.8, 4) is 16.9 Å². The lowest BCUT2D eigenvalue weighted by molar-refractivity contribution is -0.138. The fraction of sp³-hybridized carbons (Fsp3) is 0.381. The van der Waals surface area contributed by atoms with Crippen LogP contribution in [0.4, 0.5) is 13.2 Å². The number of carbonyl (C=O) groups excluding carboxylic acids is 1. The van der Waals surface area contributed by atoms with Crippen molar-refractivity contribution in [3.63, 3.8) is 0 Å². The molecule has 3 rings (SSSR count). The van der Waals surface area contributed by atoms with Crippen LogP contribution in [0.3, 0.4) is 0 Å². The highest BCUT2D eigenvalue weighted by Gasteiger charge is 2.32. The number of benzene rings is 2. The normalized spacial score (nSPS) is 17.7. The van der Waals surface area contributed by atoms with Crippen LogP contribution in [0.1, 0.15) is 24.0 Å². The lowest BCUT2D eigenvalue weighted by atomic mass is 9.98. The summed E-state index contributed by atoms with van der Waals surface area (Å²) in [6.07, 6.45) is -3.40. The van der Waals surface area contributed by atoms with Crippen LogP contribution in [-0.2, 0) is 17.6 Å². The van der Waals surface area contributed by atoms with Crippen LogP contribution in [0.15, 0.2) is 42.5 Å². The van der Waals surface area contributed by atoms with E-state index in [4.69, 9.17) is 9.84 Å². The van der Waals surface area contributed by atoms with Gasteiger partial charge in [0.15, 0.2) is 0 Å². The van der Waals surface area contributed by atoms with Gasteiger partial charge in [0.05, 0.1) is 18.8 Å². The smallest absolute Gasteiger partial charge is 0.416 e. The first-order valence-corrected chi connectivity index (χ1v) is 9.05. The van der Waals surface area contributed by atoms with E-state index in [9.17, 15) is 18.0 Å². The third-order valence-corrected chi connectivity index (χ3v) is 4.91. The Morgan fingerprint density at radius 2 is 1.86 bits per heavy atom. The molecule has 0 spiro atoms. The van der Waals surface area contributed by atoms with E-state index in [1.807, 2.05) is 0 Å². The highest BCUT2D eigenvalue weighted by molar-refractivity contribution is 5.76. The van der Waals surface area contributed by atoms with Gasteiger partial charge in [0.2, 0.25) is 5.91 Å². The topological polar surface area (TPSA) is 49.8 Å². The molecule has 4 nitrogen and oxygen atoms in total. The average Bonchev–Trinajstić information content (AvgIpc) is 2.68. The van der Waals surface area contributed by atoms with Crippen LogP contribution in [0.2, 0.25) is 0 Å². The molecule has 1 amide bonds. The Kier molecular flexibility index (Phi) is 5.93. The highest BCUT2D eigenvalue weighted by Crippen LogP contribution is 2.36. The molecule has 1 atom stereocenters. The van der Waals surface area contributed by atoms with Gasteiger partial charge in [0.1, 0.15) is 5.75 Å². The van der Waals surface area contributed by atoms with Crippen molar-refractivity contribution in [1.82, 2.24) is 4.90 Å². The zero-order chi connectivity index (χ0) is 20.3. The van der Waals surface area contributed by atoms with E-state index < -0.39 is 11.7 Å². The van der Waals surface area contributed by atoms with Crippen molar-refractivity contribution < 1.29 is 27.8 Å². The Labute approximate surface area is 161 Å². The maximum absolute atomic E-state index is 13.3. The van der Waals surface area contributed by atoms with Gasteiger partial charge in [0, 0.05) is 25.9 Å². The number of aliphatic hydroxyl groups is 1. The molecule has 1 unspecified atom stereocenters. The van der Waals surface area contributed by atoms with Gasteiger partial charge in [-0.25, -0.2) is 0 Å². The largest absolute Gasteiger partial charge is 0.493 e. The minimum atomic E-state index is -4.49. The number of aliphatic hydroxyl groups excluding tert-OH is 1. The number of ether oxygens (including phenoxy) is 1. The van der Waals surface area contributed by atoms with Crippen molar-refractivity contribution >= 4 is 5.91 Å². The second-order valence-corrected chi connectivity index (χ2v) is 7.09.